The Hall–Kier alpha value is -3.57. The molecule has 7 nitrogen and oxygen atoms in total. The summed E-state index contributed by atoms with van der Waals surface area (Å²) in [6.07, 6.45) is -2.98. The number of hydrogen-bond acceptors (Lipinski definition) is 5. The number of hydrogen-bond donors (Lipinski definition) is 2. The number of nitrogens with zero attached hydrogens (tertiary/aromatic N) is 3. The Morgan fingerprint density at radius 3 is 2.57 bits per heavy atom. The number of carbonyl (C=O) groups is 1. The number of methoxy groups -OCH3 is 1. The normalized spacial score (nSPS) is 18.2. The average Bonchev–Trinajstić information content (AvgIpc) is 3.32. The molecular formula is C25H28F5N5O2. The Bertz CT molecular complexity index is 1240. The number of aromatic nitrogens is 2. The van der Waals surface area contributed by atoms with Crippen molar-refractivity contribution in [1.29, 1.82) is 0 Å². The Labute approximate surface area is 210 Å². The number of ether oxygens (including phenoxy) is 1. The van der Waals surface area contributed by atoms with Gasteiger partial charge in [-0.25, -0.2) is 13.8 Å². The van der Waals surface area contributed by atoms with Crippen LogP contribution in [0.1, 0.15) is 48.2 Å². The van der Waals surface area contributed by atoms with Crippen LogP contribution in [0.15, 0.2) is 42.6 Å². The van der Waals surface area contributed by atoms with Gasteiger partial charge in [-0.05, 0) is 49.9 Å². The van der Waals surface area contributed by atoms with Crippen molar-refractivity contribution >= 4 is 23.1 Å². The van der Waals surface area contributed by atoms with Gasteiger partial charge in [-0.15, -0.1) is 0 Å². The lowest BCUT2D eigenvalue weighted by molar-refractivity contribution is -0.115. The summed E-state index contributed by atoms with van der Waals surface area (Å²) in [6.45, 7) is -1.28. The molecule has 0 radical (unpaired) electrons. The lowest BCUT2D eigenvalue weighted by Gasteiger charge is -2.36. The molecule has 1 amide bonds. The second-order valence-corrected chi connectivity index (χ2v) is 9.05. The van der Waals surface area contributed by atoms with Gasteiger partial charge in [0, 0.05) is 31.4 Å². The summed E-state index contributed by atoms with van der Waals surface area (Å²) in [4.78, 5) is 19.0. The molecule has 0 unspecified atom stereocenters. The van der Waals surface area contributed by atoms with Crippen LogP contribution in [0, 0.1) is 0 Å². The van der Waals surface area contributed by atoms with E-state index < -0.39 is 25.1 Å². The summed E-state index contributed by atoms with van der Waals surface area (Å²) < 4.78 is 71.2. The molecule has 2 aromatic heterocycles. The molecule has 0 aliphatic heterocycles. The van der Waals surface area contributed by atoms with Crippen molar-refractivity contribution in [2.75, 3.05) is 30.9 Å². The van der Waals surface area contributed by atoms with Gasteiger partial charge < -0.3 is 20.3 Å². The molecule has 200 valence electrons. The number of benzene rings is 1. The number of fused-ring (bicyclic) bond motifs is 1. The van der Waals surface area contributed by atoms with Gasteiger partial charge in [0.15, 0.2) is 0 Å². The summed E-state index contributed by atoms with van der Waals surface area (Å²) in [6, 6.07) is 9.58. The molecule has 4 rings (SSSR count). The zero-order chi connectivity index (χ0) is 26.7. The van der Waals surface area contributed by atoms with E-state index in [1.54, 1.807) is 16.5 Å². The average molecular weight is 526 g/mol. The largest absolute Gasteiger partial charge is 0.497 e. The summed E-state index contributed by atoms with van der Waals surface area (Å²) in [7, 11) is 3.29. The van der Waals surface area contributed by atoms with E-state index in [1.807, 2.05) is 18.0 Å². The van der Waals surface area contributed by atoms with Gasteiger partial charge in [-0.1, -0.05) is 6.07 Å². The minimum absolute atomic E-state index is 0.0409. The van der Waals surface area contributed by atoms with E-state index in [0.29, 0.717) is 24.2 Å². The third-order valence-corrected chi connectivity index (χ3v) is 6.60. The van der Waals surface area contributed by atoms with Crippen LogP contribution in [0.4, 0.5) is 33.5 Å². The molecule has 0 bridgehead atoms. The van der Waals surface area contributed by atoms with Gasteiger partial charge in [0.25, 0.3) is 12.3 Å². The Morgan fingerprint density at radius 2 is 1.92 bits per heavy atom. The van der Waals surface area contributed by atoms with E-state index in [4.69, 9.17) is 4.74 Å². The van der Waals surface area contributed by atoms with E-state index in [1.165, 1.54) is 31.5 Å². The molecule has 12 heteroatoms. The molecule has 1 fully saturated rings. The van der Waals surface area contributed by atoms with E-state index >= 15 is 0 Å². The van der Waals surface area contributed by atoms with Crippen LogP contribution < -0.4 is 20.3 Å². The number of pyridine rings is 1. The molecular weight excluding hydrogens is 497 g/mol. The van der Waals surface area contributed by atoms with Crippen molar-refractivity contribution in [2.45, 2.75) is 50.4 Å². The summed E-state index contributed by atoms with van der Waals surface area (Å²) in [5.41, 5.74) is 0.301. The fraction of sp³-hybridized carbons (Fsp3) is 0.440. The molecule has 37 heavy (non-hydrogen) atoms. The lowest BCUT2D eigenvalue weighted by Crippen LogP contribution is -2.43. The van der Waals surface area contributed by atoms with Gasteiger partial charge in [0.2, 0.25) is 0 Å². The monoisotopic (exact) mass is 525 g/mol. The predicted octanol–water partition coefficient (Wildman–Crippen LogP) is 5.43. The molecule has 1 aromatic carbocycles. The number of imidazole rings is 1. The first-order valence-electron chi connectivity index (χ1n) is 11.8. The first kappa shape index (κ1) is 26.5. The first-order valence-corrected chi connectivity index (χ1v) is 11.8. The zero-order valence-electron chi connectivity index (χ0n) is 20.4. The topological polar surface area (TPSA) is 70.9 Å². The predicted molar refractivity (Wildman–Crippen MR) is 130 cm³/mol. The molecule has 0 spiro atoms. The van der Waals surface area contributed by atoms with Crippen molar-refractivity contribution in [1.82, 2.24) is 14.7 Å². The van der Waals surface area contributed by atoms with Crippen LogP contribution in [0.3, 0.4) is 0 Å². The number of halogens is 5. The molecule has 1 saturated carbocycles. The highest BCUT2D eigenvalue weighted by Gasteiger charge is 2.29. The quantitative estimate of drug-likeness (QED) is 0.384. The fourth-order valence-electron chi connectivity index (χ4n) is 4.66. The van der Waals surface area contributed by atoms with Crippen molar-refractivity contribution in [3.05, 3.63) is 53.9 Å². The van der Waals surface area contributed by atoms with Crippen LogP contribution >= 0.6 is 0 Å². The molecule has 0 atom stereocenters. The van der Waals surface area contributed by atoms with Crippen LogP contribution in [0.25, 0.3) is 5.65 Å². The number of amides is 1. The summed E-state index contributed by atoms with van der Waals surface area (Å²) >= 11 is 0. The highest BCUT2D eigenvalue weighted by atomic mass is 19.4. The van der Waals surface area contributed by atoms with Crippen LogP contribution in [0.2, 0.25) is 0 Å². The Balaban J connectivity index is 1.40. The number of nitrogens with one attached hydrogen (secondary N) is 2. The van der Waals surface area contributed by atoms with Crippen LogP contribution in [-0.4, -0.2) is 54.3 Å². The van der Waals surface area contributed by atoms with E-state index in [2.05, 4.69) is 15.6 Å². The summed E-state index contributed by atoms with van der Waals surface area (Å²) in [5, 5.41) is 5.22. The smallest absolute Gasteiger partial charge is 0.405 e. The second kappa shape index (κ2) is 10.8. The third-order valence-electron chi connectivity index (χ3n) is 6.60. The highest BCUT2D eigenvalue weighted by Crippen LogP contribution is 2.30. The molecule has 2 N–H and O–H groups in total. The van der Waals surface area contributed by atoms with E-state index in [-0.39, 0.29) is 29.0 Å². The SMILES string of the molecule is COc1ccc(C(=O)NC2CCC(N(C)c3cccc4nc(C(F)F)cn34)CC2)c(NCC(F)(F)F)c1. The number of rotatable bonds is 8. The Kier molecular flexibility index (Phi) is 7.74. The minimum atomic E-state index is -4.44. The number of alkyl halides is 5. The highest BCUT2D eigenvalue weighted by molar-refractivity contribution is 6.00. The zero-order valence-corrected chi connectivity index (χ0v) is 20.4. The van der Waals surface area contributed by atoms with Gasteiger partial charge in [0.05, 0.1) is 18.4 Å². The maximum absolute atomic E-state index is 13.1. The molecule has 3 aromatic rings. The van der Waals surface area contributed by atoms with Crippen LogP contribution in [-0.2, 0) is 0 Å². The maximum atomic E-state index is 13.1. The van der Waals surface area contributed by atoms with Crippen molar-refractivity contribution in [3.63, 3.8) is 0 Å². The van der Waals surface area contributed by atoms with Gasteiger partial charge in [-0.3, -0.25) is 9.20 Å². The molecule has 1 aliphatic rings. The summed E-state index contributed by atoms with van der Waals surface area (Å²) in [5.74, 6) is 0.605. The second-order valence-electron chi connectivity index (χ2n) is 9.05. The lowest BCUT2D eigenvalue weighted by atomic mass is 9.90. The van der Waals surface area contributed by atoms with Gasteiger partial charge in [-0.2, -0.15) is 13.2 Å². The van der Waals surface area contributed by atoms with E-state index in [0.717, 1.165) is 18.7 Å². The van der Waals surface area contributed by atoms with E-state index in [9.17, 15) is 26.7 Å². The molecule has 2 heterocycles. The van der Waals surface area contributed by atoms with Crippen molar-refractivity contribution < 1.29 is 31.5 Å². The van der Waals surface area contributed by atoms with Crippen molar-refractivity contribution in [2.24, 2.45) is 0 Å². The molecule has 1 aliphatic carbocycles. The fourth-order valence-corrected chi connectivity index (χ4v) is 4.66. The van der Waals surface area contributed by atoms with Crippen molar-refractivity contribution in [3.8, 4) is 5.75 Å². The third kappa shape index (κ3) is 6.23. The number of carbonyl (C=O) groups excluding carboxylic acids is 1. The number of anilines is 2. The minimum Gasteiger partial charge on any atom is -0.497 e. The first-order chi connectivity index (χ1) is 17.6. The van der Waals surface area contributed by atoms with Gasteiger partial charge >= 0.3 is 6.18 Å². The van der Waals surface area contributed by atoms with Crippen LogP contribution in [0.5, 0.6) is 5.75 Å². The standard InChI is InChI=1S/C25H28F5N5O2/c1-34(22-5-3-4-21-33-20(23(26)27)13-35(21)22)16-8-6-15(7-9-16)32-24(36)18-11-10-17(37-2)12-19(18)31-14-25(28,29)30/h3-5,10-13,15-16,23,31H,6-9,14H2,1-2H3,(H,32,36). The van der Waals surface area contributed by atoms with Gasteiger partial charge in [0.1, 0.15) is 29.5 Å². The molecule has 0 saturated heterocycles. The Morgan fingerprint density at radius 1 is 1.19 bits per heavy atom. The maximum Gasteiger partial charge on any atom is 0.405 e.